The van der Waals surface area contributed by atoms with Crippen LogP contribution >= 0.6 is 0 Å². The standard InChI is InChI=1S/C27H30N2O5/c1-17(2)12-13-23(24(30)29-27(25(31)32)14-7-15-27)28-26(33)34-16-22-20-10-5-3-8-18(20)19-9-4-6-11-21(19)22/h3-6,8-12,22-23H,7,13-16H2,1-2H3,(H,28,33)(H,29,30)(H,31,32). The Morgan fingerprint density at radius 2 is 1.65 bits per heavy atom. The highest BCUT2D eigenvalue weighted by molar-refractivity contribution is 5.92. The van der Waals surface area contributed by atoms with Gasteiger partial charge in [-0.15, -0.1) is 0 Å². The van der Waals surface area contributed by atoms with Crippen LogP contribution in [0.2, 0.25) is 0 Å². The van der Waals surface area contributed by atoms with Crippen molar-refractivity contribution in [2.75, 3.05) is 6.61 Å². The smallest absolute Gasteiger partial charge is 0.407 e. The van der Waals surface area contributed by atoms with Gasteiger partial charge in [0.25, 0.3) is 0 Å². The van der Waals surface area contributed by atoms with Crippen molar-refractivity contribution < 1.29 is 24.2 Å². The molecule has 2 amide bonds. The Kier molecular flexibility index (Phi) is 6.72. The third-order valence-electron chi connectivity index (χ3n) is 6.69. The zero-order valence-corrected chi connectivity index (χ0v) is 19.5. The van der Waals surface area contributed by atoms with E-state index in [9.17, 15) is 19.5 Å². The number of carboxylic acid groups (broad SMARTS) is 1. The summed E-state index contributed by atoms with van der Waals surface area (Å²) >= 11 is 0. The minimum atomic E-state index is -1.25. The Morgan fingerprint density at radius 1 is 1.06 bits per heavy atom. The van der Waals surface area contributed by atoms with E-state index in [4.69, 9.17) is 4.74 Å². The quantitative estimate of drug-likeness (QED) is 0.505. The van der Waals surface area contributed by atoms with Gasteiger partial charge in [-0.1, -0.05) is 60.2 Å². The summed E-state index contributed by atoms with van der Waals surface area (Å²) in [6.07, 6.45) is 2.88. The van der Waals surface area contributed by atoms with Crippen molar-refractivity contribution in [2.24, 2.45) is 0 Å². The first-order chi connectivity index (χ1) is 16.3. The number of benzene rings is 2. The van der Waals surface area contributed by atoms with E-state index in [0.717, 1.165) is 34.2 Å². The molecule has 1 saturated carbocycles. The van der Waals surface area contributed by atoms with E-state index in [1.807, 2.05) is 56.3 Å². The number of alkyl carbamates (subject to hydrolysis) is 1. The lowest BCUT2D eigenvalue weighted by Gasteiger charge is -2.39. The first-order valence-corrected chi connectivity index (χ1v) is 11.6. The molecule has 2 aromatic rings. The highest BCUT2D eigenvalue weighted by Gasteiger charge is 2.46. The molecule has 1 fully saturated rings. The molecule has 0 saturated heterocycles. The number of hydrogen-bond acceptors (Lipinski definition) is 4. The number of rotatable bonds is 8. The first-order valence-electron chi connectivity index (χ1n) is 11.6. The molecule has 7 heteroatoms. The molecule has 2 aliphatic carbocycles. The van der Waals surface area contributed by atoms with Gasteiger partial charge in [-0.25, -0.2) is 9.59 Å². The molecule has 178 valence electrons. The highest BCUT2D eigenvalue weighted by Crippen LogP contribution is 2.44. The fraction of sp³-hybridized carbons (Fsp3) is 0.370. The average Bonchev–Trinajstić information content (AvgIpc) is 3.11. The fourth-order valence-electron chi connectivity index (χ4n) is 4.61. The number of allylic oxidation sites excluding steroid dienone is 1. The van der Waals surface area contributed by atoms with Crippen molar-refractivity contribution in [1.82, 2.24) is 10.6 Å². The maximum absolute atomic E-state index is 12.9. The van der Waals surface area contributed by atoms with Gasteiger partial charge in [-0.05, 0) is 61.8 Å². The van der Waals surface area contributed by atoms with Gasteiger partial charge in [-0.2, -0.15) is 0 Å². The summed E-state index contributed by atoms with van der Waals surface area (Å²) in [6, 6.07) is 15.2. The van der Waals surface area contributed by atoms with Gasteiger partial charge >= 0.3 is 12.1 Å². The Morgan fingerprint density at radius 3 is 2.15 bits per heavy atom. The largest absolute Gasteiger partial charge is 0.480 e. The number of carboxylic acids is 1. The van der Waals surface area contributed by atoms with E-state index in [-0.39, 0.29) is 18.9 Å². The lowest BCUT2D eigenvalue weighted by atomic mass is 9.76. The molecule has 2 aliphatic rings. The second kappa shape index (κ2) is 9.71. The van der Waals surface area contributed by atoms with E-state index in [0.29, 0.717) is 12.8 Å². The van der Waals surface area contributed by atoms with Crippen LogP contribution in [0.5, 0.6) is 0 Å². The van der Waals surface area contributed by atoms with Crippen LogP contribution in [0.3, 0.4) is 0 Å². The third kappa shape index (κ3) is 4.69. The zero-order valence-electron chi connectivity index (χ0n) is 19.5. The number of hydrogen-bond donors (Lipinski definition) is 3. The van der Waals surface area contributed by atoms with Crippen molar-refractivity contribution in [3.8, 4) is 11.1 Å². The number of carbonyl (C=O) groups excluding carboxylic acids is 2. The summed E-state index contributed by atoms with van der Waals surface area (Å²) in [4.78, 5) is 37.3. The predicted molar refractivity (Wildman–Crippen MR) is 128 cm³/mol. The molecule has 0 aromatic heterocycles. The molecule has 0 bridgehead atoms. The van der Waals surface area contributed by atoms with E-state index in [1.165, 1.54) is 0 Å². The third-order valence-corrected chi connectivity index (χ3v) is 6.69. The molecule has 2 aromatic carbocycles. The topological polar surface area (TPSA) is 105 Å². The number of carbonyl (C=O) groups is 3. The lowest BCUT2D eigenvalue weighted by Crippen LogP contribution is -2.62. The summed E-state index contributed by atoms with van der Waals surface area (Å²) in [6.45, 7) is 3.93. The summed E-state index contributed by atoms with van der Waals surface area (Å²) in [5.74, 6) is -1.66. The normalized spacial score (nSPS) is 16.3. The molecule has 0 spiro atoms. The Bertz CT molecular complexity index is 1090. The van der Waals surface area contributed by atoms with Crippen LogP contribution in [-0.4, -0.2) is 41.3 Å². The van der Waals surface area contributed by atoms with Gasteiger partial charge in [0.15, 0.2) is 0 Å². The van der Waals surface area contributed by atoms with Crippen LogP contribution in [0.1, 0.15) is 56.6 Å². The fourth-order valence-corrected chi connectivity index (χ4v) is 4.61. The number of fused-ring (bicyclic) bond motifs is 3. The molecule has 0 radical (unpaired) electrons. The van der Waals surface area contributed by atoms with Crippen LogP contribution in [0, 0.1) is 0 Å². The van der Waals surface area contributed by atoms with Crippen molar-refractivity contribution in [2.45, 2.75) is 57.0 Å². The molecule has 0 heterocycles. The average molecular weight is 463 g/mol. The lowest BCUT2D eigenvalue weighted by molar-refractivity contribution is -0.152. The summed E-state index contributed by atoms with van der Waals surface area (Å²) in [5.41, 5.74) is 4.21. The maximum atomic E-state index is 12.9. The minimum absolute atomic E-state index is 0.0894. The maximum Gasteiger partial charge on any atom is 0.407 e. The zero-order chi connectivity index (χ0) is 24.3. The van der Waals surface area contributed by atoms with Gasteiger partial charge in [-0.3, -0.25) is 4.79 Å². The Balaban J connectivity index is 1.43. The van der Waals surface area contributed by atoms with Crippen molar-refractivity contribution in [1.29, 1.82) is 0 Å². The van der Waals surface area contributed by atoms with Gasteiger partial charge < -0.3 is 20.5 Å². The van der Waals surface area contributed by atoms with Crippen LogP contribution in [0.25, 0.3) is 11.1 Å². The molecule has 1 unspecified atom stereocenters. The molecule has 3 N–H and O–H groups in total. The number of aliphatic carboxylic acids is 1. The van der Waals surface area contributed by atoms with Crippen molar-refractivity contribution in [3.63, 3.8) is 0 Å². The molecule has 7 nitrogen and oxygen atoms in total. The summed E-state index contributed by atoms with van der Waals surface area (Å²) in [5, 5.41) is 14.8. The summed E-state index contributed by atoms with van der Waals surface area (Å²) in [7, 11) is 0. The van der Waals surface area contributed by atoms with Crippen LogP contribution in [0.15, 0.2) is 60.2 Å². The molecule has 1 atom stereocenters. The number of ether oxygens (including phenoxy) is 1. The van der Waals surface area contributed by atoms with Crippen LogP contribution < -0.4 is 10.6 Å². The van der Waals surface area contributed by atoms with Gasteiger partial charge in [0.2, 0.25) is 5.91 Å². The van der Waals surface area contributed by atoms with E-state index < -0.39 is 29.6 Å². The SMILES string of the molecule is CC(C)=CCC(NC(=O)OCC1c2ccccc2-c2ccccc21)C(=O)NC1(C(=O)O)CCC1. The molecule has 0 aliphatic heterocycles. The Hall–Kier alpha value is -3.61. The van der Waals surface area contributed by atoms with E-state index >= 15 is 0 Å². The molecule has 4 rings (SSSR count). The summed E-state index contributed by atoms with van der Waals surface area (Å²) < 4.78 is 5.58. The molecular weight excluding hydrogens is 432 g/mol. The van der Waals surface area contributed by atoms with Gasteiger partial charge in [0, 0.05) is 5.92 Å². The van der Waals surface area contributed by atoms with Gasteiger partial charge in [0.05, 0.1) is 0 Å². The number of amides is 2. The van der Waals surface area contributed by atoms with Crippen LogP contribution in [-0.2, 0) is 14.3 Å². The van der Waals surface area contributed by atoms with E-state index in [2.05, 4.69) is 22.8 Å². The van der Waals surface area contributed by atoms with Gasteiger partial charge in [0.1, 0.15) is 18.2 Å². The monoisotopic (exact) mass is 462 g/mol. The van der Waals surface area contributed by atoms with Crippen LogP contribution in [0.4, 0.5) is 4.79 Å². The molecular formula is C27H30N2O5. The second-order valence-electron chi connectivity index (χ2n) is 9.27. The Labute approximate surface area is 199 Å². The predicted octanol–water partition coefficient (Wildman–Crippen LogP) is 4.37. The van der Waals surface area contributed by atoms with E-state index in [1.54, 1.807) is 0 Å². The second-order valence-corrected chi connectivity index (χ2v) is 9.27. The number of nitrogens with one attached hydrogen (secondary N) is 2. The molecule has 34 heavy (non-hydrogen) atoms. The highest BCUT2D eigenvalue weighted by atomic mass is 16.5. The van der Waals surface area contributed by atoms with Crippen molar-refractivity contribution >= 4 is 18.0 Å². The first kappa shape index (κ1) is 23.5. The minimum Gasteiger partial charge on any atom is -0.480 e. The van der Waals surface area contributed by atoms with Crippen molar-refractivity contribution in [3.05, 3.63) is 71.3 Å².